The van der Waals surface area contributed by atoms with Crippen LogP contribution < -0.4 is 20.5 Å². The molecule has 1 heterocycles. The summed E-state index contributed by atoms with van der Waals surface area (Å²) < 4.78 is 10.5. The zero-order chi connectivity index (χ0) is 13.7. The van der Waals surface area contributed by atoms with Crippen molar-refractivity contribution in [2.75, 3.05) is 25.3 Å². The van der Waals surface area contributed by atoms with E-state index in [1.807, 2.05) is 30.3 Å². The Bertz CT molecular complexity index is 558. The Morgan fingerprint density at radius 1 is 1.16 bits per heavy atom. The Morgan fingerprint density at radius 3 is 2.63 bits per heavy atom. The van der Waals surface area contributed by atoms with Crippen molar-refractivity contribution in [1.82, 2.24) is 4.98 Å². The van der Waals surface area contributed by atoms with Gasteiger partial charge in [-0.1, -0.05) is 6.07 Å². The third kappa shape index (κ3) is 3.07. The number of rotatable bonds is 5. The fourth-order valence-electron chi connectivity index (χ4n) is 1.75. The van der Waals surface area contributed by atoms with E-state index in [2.05, 4.69) is 10.3 Å². The number of aromatic nitrogens is 1. The van der Waals surface area contributed by atoms with Crippen molar-refractivity contribution in [2.45, 2.75) is 6.54 Å². The van der Waals surface area contributed by atoms with Crippen LogP contribution in [-0.2, 0) is 6.54 Å². The Morgan fingerprint density at radius 2 is 1.95 bits per heavy atom. The predicted octanol–water partition coefficient (Wildman–Crippen LogP) is 2.29. The maximum absolute atomic E-state index is 5.77. The van der Waals surface area contributed by atoms with Crippen molar-refractivity contribution in [3.05, 3.63) is 42.1 Å². The Hall–Kier alpha value is -2.43. The number of pyridine rings is 1. The van der Waals surface area contributed by atoms with Crippen molar-refractivity contribution in [3.8, 4) is 11.5 Å². The molecule has 2 aromatic rings. The highest BCUT2D eigenvalue weighted by atomic mass is 16.5. The molecule has 0 aliphatic carbocycles. The summed E-state index contributed by atoms with van der Waals surface area (Å²) in [6, 6.07) is 9.51. The van der Waals surface area contributed by atoms with Gasteiger partial charge in [-0.05, 0) is 29.8 Å². The first kappa shape index (κ1) is 13.0. The van der Waals surface area contributed by atoms with Gasteiger partial charge in [-0.15, -0.1) is 0 Å². The van der Waals surface area contributed by atoms with Crippen LogP contribution >= 0.6 is 0 Å². The van der Waals surface area contributed by atoms with E-state index >= 15 is 0 Å². The first-order valence-electron chi connectivity index (χ1n) is 5.90. The summed E-state index contributed by atoms with van der Waals surface area (Å²) in [5.41, 5.74) is 7.66. The zero-order valence-electron chi connectivity index (χ0n) is 11.0. The van der Waals surface area contributed by atoms with E-state index in [9.17, 15) is 0 Å². The largest absolute Gasteiger partial charge is 0.493 e. The lowest BCUT2D eigenvalue weighted by molar-refractivity contribution is 0.354. The van der Waals surface area contributed by atoms with Crippen molar-refractivity contribution in [1.29, 1.82) is 0 Å². The van der Waals surface area contributed by atoms with Gasteiger partial charge in [0.25, 0.3) is 0 Å². The second kappa shape index (κ2) is 5.95. The summed E-state index contributed by atoms with van der Waals surface area (Å²) in [5, 5.41) is 3.23. The predicted molar refractivity (Wildman–Crippen MR) is 75.5 cm³/mol. The molecular formula is C14H17N3O2. The van der Waals surface area contributed by atoms with Crippen molar-refractivity contribution in [3.63, 3.8) is 0 Å². The number of hydrogen-bond acceptors (Lipinski definition) is 5. The minimum absolute atomic E-state index is 0.489. The Balaban J connectivity index is 2.10. The molecule has 1 aromatic carbocycles. The van der Waals surface area contributed by atoms with E-state index in [1.165, 1.54) is 0 Å². The van der Waals surface area contributed by atoms with Crippen LogP contribution in [0.5, 0.6) is 11.5 Å². The van der Waals surface area contributed by atoms with Crippen LogP contribution in [-0.4, -0.2) is 19.2 Å². The minimum Gasteiger partial charge on any atom is -0.493 e. The molecule has 0 radical (unpaired) electrons. The van der Waals surface area contributed by atoms with Gasteiger partial charge in [-0.3, -0.25) is 0 Å². The molecule has 0 unspecified atom stereocenters. The van der Waals surface area contributed by atoms with Gasteiger partial charge in [0.1, 0.15) is 5.82 Å². The topological polar surface area (TPSA) is 69.4 Å². The van der Waals surface area contributed by atoms with E-state index < -0.39 is 0 Å². The molecule has 0 fully saturated rings. The second-order valence-electron chi connectivity index (χ2n) is 3.98. The Kier molecular flexibility index (Phi) is 4.07. The number of ether oxygens (including phenoxy) is 2. The van der Waals surface area contributed by atoms with Crippen LogP contribution in [0.4, 0.5) is 11.5 Å². The number of nitrogens with zero attached hydrogens (tertiary/aromatic N) is 1. The summed E-state index contributed by atoms with van der Waals surface area (Å²) in [6.45, 7) is 0.635. The SMILES string of the molecule is COc1ccc(CNc2cccnc2N)cc1OC. The normalized spacial score (nSPS) is 10.0. The number of nitrogens with one attached hydrogen (secondary N) is 1. The third-order valence-corrected chi connectivity index (χ3v) is 2.77. The number of nitrogen functional groups attached to an aromatic ring is 1. The van der Waals surface area contributed by atoms with Gasteiger partial charge in [0.05, 0.1) is 19.9 Å². The lowest BCUT2D eigenvalue weighted by Crippen LogP contribution is -2.04. The molecule has 0 bridgehead atoms. The second-order valence-corrected chi connectivity index (χ2v) is 3.98. The van der Waals surface area contributed by atoms with Gasteiger partial charge in [0.2, 0.25) is 0 Å². The monoisotopic (exact) mass is 259 g/mol. The van der Waals surface area contributed by atoms with Crippen LogP contribution in [0.1, 0.15) is 5.56 Å². The standard InChI is InChI=1S/C14H17N3O2/c1-18-12-6-5-10(8-13(12)19-2)9-17-11-4-3-7-16-14(11)15/h3-8,17H,9H2,1-2H3,(H2,15,16). The molecule has 5 heteroatoms. The average molecular weight is 259 g/mol. The van der Waals surface area contributed by atoms with E-state index in [0.717, 1.165) is 11.3 Å². The zero-order valence-corrected chi connectivity index (χ0v) is 11.0. The molecule has 0 atom stereocenters. The number of benzene rings is 1. The lowest BCUT2D eigenvalue weighted by atomic mass is 10.2. The first-order chi connectivity index (χ1) is 9.24. The molecule has 0 aliphatic rings. The van der Waals surface area contributed by atoms with Crippen LogP contribution in [0, 0.1) is 0 Å². The highest BCUT2D eigenvalue weighted by Gasteiger charge is 2.05. The quantitative estimate of drug-likeness (QED) is 0.862. The highest BCUT2D eigenvalue weighted by Crippen LogP contribution is 2.28. The molecule has 0 saturated heterocycles. The summed E-state index contributed by atoms with van der Waals surface area (Å²) in [4.78, 5) is 4.02. The molecule has 0 saturated carbocycles. The fraction of sp³-hybridized carbons (Fsp3) is 0.214. The van der Waals surface area contributed by atoms with Crippen LogP contribution in [0.15, 0.2) is 36.5 Å². The summed E-state index contributed by atoms with van der Waals surface area (Å²) in [7, 11) is 3.24. The number of nitrogens with two attached hydrogens (primary N) is 1. The number of hydrogen-bond donors (Lipinski definition) is 2. The van der Waals surface area contributed by atoms with Crippen molar-refractivity contribution < 1.29 is 9.47 Å². The van der Waals surface area contributed by atoms with E-state index in [4.69, 9.17) is 15.2 Å². The van der Waals surface area contributed by atoms with Gasteiger partial charge >= 0.3 is 0 Å². The van der Waals surface area contributed by atoms with E-state index in [1.54, 1.807) is 20.4 Å². The molecule has 0 aliphatic heterocycles. The molecule has 100 valence electrons. The third-order valence-electron chi connectivity index (χ3n) is 2.77. The molecule has 0 spiro atoms. The maximum Gasteiger partial charge on any atom is 0.161 e. The van der Waals surface area contributed by atoms with Crippen LogP contribution in [0.3, 0.4) is 0 Å². The van der Waals surface area contributed by atoms with Crippen LogP contribution in [0.2, 0.25) is 0 Å². The summed E-state index contributed by atoms with van der Waals surface area (Å²) in [6.07, 6.45) is 1.66. The smallest absolute Gasteiger partial charge is 0.161 e. The van der Waals surface area contributed by atoms with Crippen molar-refractivity contribution in [2.24, 2.45) is 0 Å². The van der Waals surface area contributed by atoms with E-state index in [0.29, 0.717) is 23.9 Å². The van der Waals surface area contributed by atoms with Crippen LogP contribution in [0.25, 0.3) is 0 Å². The van der Waals surface area contributed by atoms with Gasteiger partial charge in [-0.25, -0.2) is 4.98 Å². The summed E-state index contributed by atoms with van der Waals surface area (Å²) in [5.74, 6) is 1.91. The molecule has 2 rings (SSSR count). The molecule has 19 heavy (non-hydrogen) atoms. The van der Waals surface area contributed by atoms with E-state index in [-0.39, 0.29) is 0 Å². The van der Waals surface area contributed by atoms with Gasteiger partial charge < -0.3 is 20.5 Å². The fourth-order valence-corrected chi connectivity index (χ4v) is 1.75. The molecular weight excluding hydrogens is 242 g/mol. The molecule has 3 N–H and O–H groups in total. The first-order valence-corrected chi connectivity index (χ1v) is 5.90. The van der Waals surface area contributed by atoms with Crippen molar-refractivity contribution >= 4 is 11.5 Å². The number of anilines is 2. The molecule has 0 amide bonds. The maximum atomic E-state index is 5.77. The lowest BCUT2D eigenvalue weighted by Gasteiger charge is -2.11. The summed E-state index contributed by atoms with van der Waals surface area (Å²) >= 11 is 0. The van der Waals surface area contributed by atoms with Gasteiger partial charge in [0, 0.05) is 12.7 Å². The van der Waals surface area contributed by atoms with Gasteiger partial charge in [-0.2, -0.15) is 0 Å². The molecule has 5 nitrogen and oxygen atoms in total. The molecule has 1 aromatic heterocycles. The minimum atomic E-state index is 0.489. The number of methoxy groups -OCH3 is 2. The highest BCUT2D eigenvalue weighted by molar-refractivity contribution is 5.61. The average Bonchev–Trinajstić information content (AvgIpc) is 2.46. The Labute approximate surface area is 112 Å². The van der Waals surface area contributed by atoms with Gasteiger partial charge in [0.15, 0.2) is 11.5 Å².